The third-order valence-electron chi connectivity index (χ3n) is 4.02. The van der Waals surface area contributed by atoms with Gasteiger partial charge in [-0.2, -0.15) is 0 Å². The fraction of sp³-hybridized carbons (Fsp3) is 0.350. The molecular formula is C20H26N2O2. The summed E-state index contributed by atoms with van der Waals surface area (Å²) in [5.74, 6) is -0.0339. The lowest BCUT2D eigenvalue weighted by atomic mass is 10.0. The molecule has 0 aliphatic heterocycles. The highest BCUT2D eigenvalue weighted by atomic mass is 16.3. The number of para-hydroxylation sites is 1. The van der Waals surface area contributed by atoms with Crippen LogP contribution in [0.1, 0.15) is 18.1 Å². The number of benzene rings is 2. The van der Waals surface area contributed by atoms with E-state index >= 15 is 0 Å². The van der Waals surface area contributed by atoms with Crippen molar-refractivity contribution in [3.8, 4) is 0 Å². The van der Waals surface area contributed by atoms with Gasteiger partial charge in [0.15, 0.2) is 0 Å². The molecule has 1 unspecified atom stereocenters. The molecule has 0 radical (unpaired) electrons. The van der Waals surface area contributed by atoms with Crippen LogP contribution in [0.2, 0.25) is 0 Å². The van der Waals surface area contributed by atoms with Crippen LogP contribution in [0.25, 0.3) is 0 Å². The van der Waals surface area contributed by atoms with E-state index in [1.54, 1.807) is 0 Å². The fourth-order valence-corrected chi connectivity index (χ4v) is 2.77. The molecule has 0 fully saturated rings. The summed E-state index contributed by atoms with van der Waals surface area (Å²) in [7, 11) is 0. The van der Waals surface area contributed by atoms with E-state index in [0.717, 1.165) is 12.1 Å². The first kappa shape index (κ1) is 18.0. The van der Waals surface area contributed by atoms with Crippen LogP contribution >= 0.6 is 0 Å². The number of aryl methyl sites for hydroxylation is 1. The predicted octanol–water partition coefficient (Wildman–Crippen LogP) is 2.54. The molecule has 0 saturated heterocycles. The number of hydrogen-bond acceptors (Lipinski definition) is 3. The van der Waals surface area contributed by atoms with Crippen LogP contribution in [-0.2, 0) is 11.2 Å². The van der Waals surface area contributed by atoms with Crippen molar-refractivity contribution in [2.45, 2.75) is 26.3 Å². The van der Waals surface area contributed by atoms with Gasteiger partial charge in [-0.25, -0.2) is 0 Å². The number of anilines is 1. The van der Waals surface area contributed by atoms with E-state index in [2.05, 4.69) is 24.4 Å². The second kappa shape index (κ2) is 9.08. The first-order chi connectivity index (χ1) is 11.6. The quantitative estimate of drug-likeness (QED) is 0.784. The lowest BCUT2D eigenvalue weighted by molar-refractivity contribution is -0.120. The van der Waals surface area contributed by atoms with Gasteiger partial charge in [0.1, 0.15) is 0 Å². The molecule has 0 bridgehead atoms. The van der Waals surface area contributed by atoms with Gasteiger partial charge in [0.25, 0.3) is 0 Å². The second-order valence-electron chi connectivity index (χ2n) is 6.08. The Morgan fingerprint density at radius 3 is 2.46 bits per heavy atom. The monoisotopic (exact) mass is 326 g/mol. The summed E-state index contributed by atoms with van der Waals surface area (Å²) >= 11 is 0. The van der Waals surface area contributed by atoms with Gasteiger partial charge in [-0.1, -0.05) is 42.5 Å². The number of aliphatic hydroxyl groups is 1. The number of aliphatic hydroxyl groups excluding tert-OH is 1. The van der Waals surface area contributed by atoms with Crippen LogP contribution < -0.4 is 10.2 Å². The van der Waals surface area contributed by atoms with E-state index in [-0.39, 0.29) is 25.1 Å². The Morgan fingerprint density at radius 2 is 1.79 bits per heavy atom. The second-order valence-corrected chi connectivity index (χ2v) is 6.08. The highest BCUT2D eigenvalue weighted by molar-refractivity contribution is 5.81. The van der Waals surface area contributed by atoms with Crippen molar-refractivity contribution in [1.29, 1.82) is 0 Å². The smallest absolute Gasteiger partial charge is 0.239 e. The van der Waals surface area contributed by atoms with Crippen molar-refractivity contribution in [2.24, 2.45) is 0 Å². The van der Waals surface area contributed by atoms with E-state index < -0.39 is 0 Å². The summed E-state index contributed by atoms with van der Waals surface area (Å²) in [5.41, 5.74) is 3.43. The molecule has 0 aliphatic rings. The maximum atomic E-state index is 12.4. The normalized spacial score (nSPS) is 11.8. The van der Waals surface area contributed by atoms with E-state index in [1.165, 1.54) is 11.1 Å². The minimum atomic E-state index is -0.0339. The van der Waals surface area contributed by atoms with Gasteiger partial charge in [-0.3, -0.25) is 4.79 Å². The number of carbonyl (C=O) groups excluding carboxylic acids is 1. The topological polar surface area (TPSA) is 52.6 Å². The summed E-state index contributed by atoms with van der Waals surface area (Å²) in [6.07, 6.45) is 0.809. The van der Waals surface area contributed by atoms with Gasteiger partial charge >= 0.3 is 0 Å². The Morgan fingerprint density at radius 1 is 1.12 bits per heavy atom. The zero-order valence-corrected chi connectivity index (χ0v) is 14.4. The molecule has 0 aliphatic carbocycles. The maximum Gasteiger partial charge on any atom is 0.239 e. The van der Waals surface area contributed by atoms with Crippen LogP contribution in [-0.4, -0.2) is 36.8 Å². The molecule has 0 spiro atoms. The molecule has 24 heavy (non-hydrogen) atoms. The van der Waals surface area contributed by atoms with Crippen molar-refractivity contribution in [1.82, 2.24) is 5.32 Å². The molecule has 2 N–H and O–H groups in total. The molecule has 4 heteroatoms. The first-order valence-corrected chi connectivity index (χ1v) is 8.35. The molecule has 4 nitrogen and oxygen atoms in total. The minimum absolute atomic E-state index is 0.0148. The Bertz CT molecular complexity index is 643. The van der Waals surface area contributed by atoms with Gasteiger partial charge in [-0.05, 0) is 43.5 Å². The average Bonchev–Trinajstić information content (AvgIpc) is 2.57. The Balaban J connectivity index is 1.92. The molecule has 0 heterocycles. The Hall–Kier alpha value is -2.33. The van der Waals surface area contributed by atoms with Crippen LogP contribution in [0.5, 0.6) is 0 Å². The third-order valence-corrected chi connectivity index (χ3v) is 4.02. The van der Waals surface area contributed by atoms with Crippen LogP contribution in [0.4, 0.5) is 5.69 Å². The van der Waals surface area contributed by atoms with Gasteiger partial charge < -0.3 is 15.3 Å². The number of nitrogens with one attached hydrogen (secondary N) is 1. The van der Waals surface area contributed by atoms with Gasteiger partial charge in [0, 0.05) is 18.3 Å². The molecule has 0 aromatic heterocycles. The molecule has 1 atom stereocenters. The molecule has 2 aromatic carbocycles. The van der Waals surface area contributed by atoms with E-state index in [1.807, 2.05) is 54.3 Å². The standard InChI is InChI=1S/C20H26N2O2/c1-16-8-6-7-9-18(16)14-17(2)21-20(24)15-22(12-13-23)19-10-4-3-5-11-19/h3-11,17,23H,12-15H2,1-2H3,(H,21,24). The molecule has 2 rings (SSSR count). The summed E-state index contributed by atoms with van der Waals surface area (Å²) in [6.45, 7) is 4.79. The van der Waals surface area contributed by atoms with Crippen LogP contribution in [0.3, 0.4) is 0 Å². The molecule has 1 amide bonds. The lowest BCUT2D eigenvalue weighted by Gasteiger charge is -2.24. The first-order valence-electron chi connectivity index (χ1n) is 8.35. The highest BCUT2D eigenvalue weighted by Crippen LogP contribution is 2.13. The number of carbonyl (C=O) groups is 1. The Labute approximate surface area is 144 Å². The van der Waals surface area contributed by atoms with Gasteiger partial charge in [-0.15, -0.1) is 0 Å². The zero-order valence-electron chi connectivity index (χ0n) is 14.4. The van der Waals surface area contributed by atoms with Crippen molar-refractivity contribution >= 4 is 11.6 Å². The van der Waals surface area contributed by atoms with Crippen LogP contribution in [0.15, 0.2) is 54.6 Å². The maximum absolute atomic E-state index is 12.4. The number of rotatable bonds is 8. The Kier molecular flexibility index (Phi) is 6.82. The summed E-state index contributed by atoms with van der Waals surface area (Å²) in [6, 6.07) is 18.0. The van der Waals surface area contributed by atoms with Crippen LogP contribution in [0, 0.1) is 6.92 Å². The van der Waals surface area contributed by atoms with Gasteiger partial charge in [0.2, 0.25) is 5.91 Å². The van der Waals surface area contributed by atoms with E-state index in [0.29, 0.717) is 6.54 Å². The van der Waals surface area contributed by atoms with Crippen molar-refractivity contribution < 1.29 is 9.90 Å². The number of amides is 1. The fourth-order valence-electron chi connectivity index (χ4n) is 2.77. The summed E-state index contributed by atoms with van der Waals surface area (Å²) in [5, 5.41) is 12.3. The lowest BCUT2D eigenvalue weighted by Crippen LogP contribution is -2.42. The summed E-state index contributed by atoms with van der Waals surface area (Å²) < 4.78 is 0. The van der Waals surface area contributed by atoms with E-state index in [4.69, 9.17) is 0 Å². The van der Waals surface area contributed by atoms with Crippen molar-refractivity contribution in [3.05, 3.63) is 65.7 Å². The average molecular weight is 326 g/mol. The largest absolute Gasteiger partial charge is 0.395 e. The van der Waals surface area contributed by atoms with Crippen molar-refractivity contribution in [3.63, 3.8) is 0 Å². The number of nitrogens with zero attached hydrogens (tertiary/aromatic N) is 1. The highest BCUT2D eigenvalue weighted by Gasteiger charge is 2.14. The summed E-state index contributed by atoms with van der Waals surface area (Å²) in [4.78, 5) is 14.2. The molecule has 128 valence electrons. The molecular weight excluding hydrogens is 300 g/mol. The van der Waals surface area contributed by atoms with Crippen molar-refractivity contribution in [2.75, 3.05) is 24.6 Å². The van der Waals surface area contributed by atoms with Gasteiger partial charge in [0.05, 0.1) is 13.2 Å². The van der Waals surface area contributed by atoms with E-state index in [9.17, 15) is 9.90 Å². The third kappa shape index (κ3) is 5.39. The molecule has 0 saturated carbocycles. The zero-order chi connectivity index (χ0) is 17.4. The predicted molar refractivity (Wildman–Crippen MR) is 98.2 cm³/mol. The SMILES string of the molecule is Cc1ccccc1CC(C)NC(=O)CN(CCO)c1ccccc1. The minimum Gasteiger partial charge on any atom is -0.395 e. The number of hydrogen-bond donors (Lipinski definition) is 2. The molecule has 2 aromatic rings.